The van der Waals surface area contributed by atoms with Gasteiger partial charge in [0.2, 0.25) is 0 Å². The molecule has 1 fully saturated rings. The second kappa shape index (κ2) is 7.83. The Balaban J connectivity index is 1.45. The molecule has 2 heterocycles. The standard InChI is InChI=1S/C21H20ClFN4O2/c1-13-2-3-14(22)10-18(13)25-21(29)26-8-6-16(7-9-26)27-12-24-19-11-15(23)4-5-17(19)20(27)28/h2-5,10-12,16H,6-9H2,1H3,(H,25,29). The Labute approximate surface area is 171 Å². The van der Waals surface area contributed by atoms with Crippen molar-refractivity contribution in [3.05, 3.63) is 69.5 Å². The van der Waals surface area contributed by atoms with E-state index < -0.39 is 5.82 Å². The van der Waals surface area contributed by atoms with E-state index in [2.05, 4.69) is 10.3 Å². The topological polar surface area (TPSA) is 67.2 Å². The molecule has 0 radical (unpaired) electrons. The van der Waals surface area contributed by atoms with Crippen molar-refractivity contribution in [3.8, 4) is 0 Å². The fraction of sp³-hybridized carbons (Fsp3) is 0.286. The van der Waals surface area contributed by atoms with Crippen LogP contribution in [0.15, 0.2) is 47.5 Å². The van der Waals surface area contributed by atoms with Crippen molar-refractivity contribution in [2.45, 2.75) is 25.8 Å². The Morgan fingerprint density at radius 2 is 1.97 bits per heavy atom. The monoisotopic (exact) mass is 414 g/mol. The number of carbonyl (C=O) groups is 1. The van der Waals surface area contributed by atoms with Crippen molar-refractivity contribution >= 4 is 34.2 Å². The van der Waals surface area contributed by atoms with E-state index >= 15 is 0 Å². The molecule has 2 aromatic carbocycles. The van der Waals surface area contributed by atoms with Gasteiger partial charge in [-0.25, -0.2) is 14.2 Å². The zero-order valence-electron chi connectivity index (χ0n) is 15.9. The fourth-order valence-corrected chi connectivity index (χ4v) is 3.81. The van der Waals surface area contributed by atoms with Gasteiger partial charge in [-0.3, -0.25) is 9.36 Å². The van der Waals surface area contributed by atoms with Gasteiger partial charge in [-0.05, 0) is 49.6 Å². The zero-order chi connectivity index (χ0) is 20.5. The molecule has 0 spiro atoms. The Bertz CT molecular complexity index is 1140. The molecule has 0 bridgehead atoms. The SMILES string of the molecule is Cc1ccc(Cl)cc1NC(=O)N1CCC(n2cnc3cc(F)ccc3c2=O)CC1. The second-order valence-electron chi connectivity index (χ2n) is 7.23. The van der Waals surface area contributed by atoms with Crippen molar-refractivity contribution < 1.29 is 9.18 Å². The number of carbonyl (C=O) groups excluding carboxylic acids is 1. The maximum atomic E-state index is 13.3. The van der Waals surface area contributed by atoms with Crippen LogP contribution < -0.4 is 10.9 Å². The van der Waals surface area contributed by atoms with E-state index in [-0.39, 0.29) is 17.6 Å². The normalized spacial score (nSPS) is 14.9. The first-order valence-electron chi connectivity index (χ1n) is 9.41. The van der Waals surface area contributed by atoms with E-state index in [4.69, 9.17) is 11.6 Å². The lowest BCUT2D eigenvalue weighted by Crippen LogP contribution is -2.42. The first kappa shape index (κ1) is 19.4. The average Bonchev–Trinajstić information content (AvgIpc) is 2.71. The summed E-state index contributed by atoms with van der Waals surface area (Å²) in [5, 5.41) is 3.86. The van der Waals surface area contributed by atoms with Crippen LogP contribution in [0, 0.1) is 12.7 Å². The van der Waals surface area contributed by atoms with Crippen molar-refractivity contribution in [3.63, 3.8) is 0 Å². The molecule has 3 aromatic rings. The van der Waals surface area contributed by atoms with Crippen LogP contribution in [0.1, 0.15) is 24.4 Å². The molecule has 1 aromatic heterocycles. The van der Waals surface area contributed by atoms with E-state index in [1.165, 1.54) is 24.5 Å². The number of hydrogen-bond donors (Lipinski definition) is 1. The van der Waals surface area contributed by atoms with Gasteiger partial charge in [0.25, 0.3) is 5.56 Å². The third-order valence-corrected chi connectivity index (χ3v) is 5.57. The highest BCUT2D eigenvalue weighted by molar-refractivity contribution is 6.31. The van der Waals surface area contributed by atoms with Crippen molar-refractivity contribution in [1.29, 1.82) is 0 Å². The van der Waals surface area contributed by atoms with Gasteiger partial charge in [-0.15, -0.1) is 0 Å². The summed E-state index contributed by atoms with van der Waals surface area (Å²) in [6, 6.07) is 9.11. The summed E-state index contributed by atoms with van der Waals surface area (Å²) in [4.78, 5) is 31.3. The number of likely N-dealkylation sites (tertiary alicyclic amines) is 1. The molecule has 1 saturated heterocycles. The number of rotatable bonds is 2. The van der Waals surface area contributed by atoms with Crippen LogP contribution in [-0.2, 0) is 0 Å². The summed E-state index contributed by atoms with van der Waals surface area (Å²) in [5.74, 6) is -0.420. The minimum atomic E-state index is -0.420. The number of benzene rings is 2. The maximum Gasteiger partial charge on any atom is 0.321 e. The molecule has 29 heavy (non-hydrogen) atoms. The number of fused-ring (bicyclic) bond motifs is 1. The number of aryl methyl sites for hydroxylation is 1. The van der Waals surface area contributed by atoms with E-state index in [0.29, 0.717) is 47.5 Å². The Morgan fingerprint density at radius 1 is 1.21 bits per heavy atom. The summed E-state index contributed by atoms with van der Waals surface area (Å²) in [7, 11) is 0. The summed E-state index contributed by atoms with van der Waals surface area (Å²) in [6.45, 7) is 2.94. The van der Waals surface area contributed by atoms with E-state index in [0.717, 1.165) is 5.56 Å². The molecule has 0 unspecified atom stereocenters. The predicted octanol–water partition coefficient (Wildman–Crippen LogP) is 4.37. The molecule has 2 amide bonds. The number of halogens is 2. The second-order valence-corrected chi connectivity index (χ2v) is 7.66. The highest BCUT2D eigenvalue weighted by Crippen LogP contribution is 2.24. The van der Waals surface area contributed by atoms with Crippen molar-refractivity contribution in [2.75, 3.05) is 18.4 Å². The van der Waals surface area contributed by atoms with Gasteiger partial charge in [0.1, 0.15) is 5.82 Å². The smallest absolute Gasteiger partial charge is 0.321 e. The molecule has 1 aliphatic heterocycles. The van der Waals surface area contributed by atoms with E-state index in [1.807, 2.05) is 13.0 Å². The van der Waals surface area contributed by atoms with Crippen LogP contribution >= 0.6 is 11.6 Å². The Kier molecular flexibility index (Phi) is 5.24. The van der Waals surface area contributed by atoms with Gasteiger partial charge in [0.15, 0.2) is 0 Å². The number of amides is 2. The van der Waals surface area contributed by atoms with Gasteiger partial charge < -0.3 is 10.2 Å². The first-order chi connectivity index (χ1) is 13.9. The minimum absolute atomic E-state index is 0.0543. The number of piperidine rings is 1. The maximum absolute atomic E-state index is 13.3. The molecule has 4 rings (SSSR count). The van der Waals surface area contributed by atoms with Crippen LogP contribution in [0.4, 0.5) is 14.9 Å². The Morgan fingerprint density at radius 3 is 2.72 bits per heavy atom. The van der Waals surface area contributed by atoms with Crippen LogP contribution in [0.5, 0.6) is 0 Å². The third kappa shape index (κ3) is 3.96. The molecular weight excluding hydrogens is 395 g/mol. The van der Waals surface area contributed by atoms with Crippen LogP contribution in [0.3, 0.4) is 0 Å². The lowest BCUT2D eigenvalue weighted by Gasteiger charge is -2.33. The molecule has 0 aliphatic carbocycles. The molecule has 0 saturated carbocycles. The highest BCUT2D eigenvalue weighted by Gasteiger charge is 2.25. The summed E-state index contributed by atoms with van der Waals surface area (Å²) < 4.78 is 14.9. The van der Waals surface area contributed by atoms with E-state index in [1.54, 1.807) is 21.6 Å². The lowest BCUT2D eigenvalue weighted by atomic mass is 10.0. The third-order valence-electron chi connectivity index (χ3n) is 5.33. The molecular formula is C21H20ClFN4O2. The zero-order valence-corrected chi connectivity index (χ0v) is 16.6. The average molecular weight is 415 g/mol. The quantitative estimate of drug-likeness (QED) is 0.677. The van der Waals surface area contributed by atoms with Gasteiger partial charge >= 0.3 is 6.03 Å². The lowest BCUT2D eigenvalue weighted by molar-refractivity contribution is 0.182. The van der Waals surface area contributed by atoms with Crippen molar-refractivity contribution in [2.24, 2.45) is 0 Å². The number of hydrogen-bond acceptors (Lipinski definition) is 3. The summed E-state index contributed by atoms with van der Waals surface area (Å²) in [6.07, 6.45) is 2.74. The molecule has 1 aliphatic rings. The highest BCUT2D eigenvalue weighted by atomic mass is 35.5. The van der Waals surface area contributed by atoms with Crippen LogP contribution in [0.2, 0.25) is 5.02 Å². The molecule has 1 N–H and O–H groups in total. The van der Waals surface area contributed by atoms with Gasteiger partial charge in [0.05, 0.1) is 17.2 Å². The van der Waals surface area contributed by atoms with Crippen LogP contribution in [-0.4, -0.2) is 33.6 Å². The van der Waals surface area contributed by atoms with E-state index in [9.17, 15) is 14.0 Å². The molecule has 8 heteroatoms. The summed E-state index contributed by atoms with van der Waals surface area (Å²) >= 11 is 6.01. The summed E-state index contributed by atoms with van der Waals surface area (Å²) in [5.41, 5.74) is 1.78. The minimum Gasteiger partial charge on any atom is -0.324 e. The first-order valence-corrected chi connectivity index (χ1v) is 9.78. The number of anilines is 1. The number of urea groups is 1. The van der Waals surface area contributed by atoms with Crippen molar-refractivity contribution in [1.82, 2.24) is 14.5 Å². The largest absolute Gasteiger partial charge is 0.324 e. The predicted molar refractivity (Wildman–Crippen MR) is 111 cm³/mol. The Hall–Kier alpha value is -2.93. The van der Waals surface area contributed by atoms with Gasteiger partial charge in [-0.2, -0.15) is 0 Å². The van der Waals surface area contributed by atoms with Gasteiger partial charge in [-0.1, -0.05) is 17.7 Å². The molecule has 0 atom stereocenters. The van der Waals surface area contributed by atoms with Gasteiger partial charge in [0, 0.05) is 35.9 Å². The number of aromatic nitrogens is 2. The van der Waals surface area contributed by atoms with Crippen LogP contribution in [0.25, 0.3) is 10.9 Å². The molecule has 150 valence electrons. The number of nitrogens with zero attached hydrogens (tertiary/aromatic N) is 3. The number of nitrogens with one attached hydrogen (secondary N) is 1. The molecule has 6 nitrogen and oxygen atoms in total. The fourth-order valence-electron chi connectivity index (χ4n) is 3.64.